The van der Waals surface area contributed by atoms with Gasteiger partial charge in [-0.1, -0.05) is 12.1 Å². The summed E-state index contributed by atoms with van der Waals surface area (Å²) in [6.07, 6.45) is 2.31. The van der Waals surface area contributed by atoms with Gasteiger partial charge in [-0.05, 0) is 44.5 Å². The number of benzene rings is 1. The number of hydrogen-bond donors (Lipinski definition) is 1. The van der Waals surface area contributed by atoms with Crippen LogP contribution in [0, 0.1) is 6.92 Å². The lowest BCUT2D eigenvalue weighted by atomic mass is 9.95. The first-order valence-corrected chi connectivity index (χ1v) is 9.23. The standard InChI is InChI=1S/C19H27N5O/c1-14-3-4-16(17(11-14)25-2)13-23-8-5-15(6-9-23)19-22-21-18-12-20-7-10-24(18)19/h3-4,11,15,20H,5-10,12-13H2,1-2H3. The quantitative estimate of drug-likeness (QED) is 0.923. The number of methoxy groups -OCH3 is 1. The molecule has 1 N–H and O–H groups in total. The summed E-state index contributed by atoms with van der Waals surface area (Å²) < 4.78 is 7.89. The number of fused-ring (bicyclic) bond motifs is 1. The Balaban J connectivity index is 1.40. The van der Waals surface area contributed by atoms with Gasteiger partial charge in [-0.25, -0.2) is 0 Å². The van der Waals surface area contributed by atoms with E-state index in [1.54, 1.807) is 7.11 Å². The number of hydrogen-bond acceptors (Lipinski definition) is 5. The van der Waals surface area contributed by atoms with Crippen molar-refractivity contribution in [2.75, 3.05) is 26.7 Å². The smallest absolute Gasteiger partial charge is 0.147 e. The van der Waals surface area contributed by atoms with Crippen LogP contribution in [0.4, 0.5) is 0 Å². The molecule has 0 spiro atoms. The Kier molecular flexibility index (Phi) is 4.72. The first-order valence-electron chi connectivity index (χ1n) is 9.23. The largest absolute Gasteiger partial charge is 0.496 e. The molecule has 6 nitrogen and oxygen atoms in total. The molecule has 0 atom stereocenters. The number of ether oxygens (including phenoxy) is 1. The summed E-state index contributed by atoms with van der Waals surface area (Å²) in [6.45, 7) is 8.12. The van der Waals surface area contributed by atoms with E-state index in [4.69, 9.17) is 4.74 Å². The summed E-state index contributed by atoms with van der Waals surface area (Å²) in [5, 5.41) is 12.2. The van der Waals surface area contributed by atoms with Crippen molar-refractivity contribution < 1.29 is 4.74 Å². The molecule has 25 heavy (non-hydrogen) atoms. The molecule has 0 saturated carbocycles. The van der Waals surface area contributed by atoms with Crippen LogP contribution in [0.5, 0.6) is 5.75 Å². The molecule has 0 amide bonds. The van der Waals surface area contributed by atoms with Crippen molar-refractivity contribution in [3.63, 3.8) is 0 Å². The molecule has 2 aliphatic rings. The second-order valence-electron chi connectivity index (χ2n) is 7.17. The molecular formula is C19H27N5O. The number of rotatable bonds is 4. The zero-order chi connectivity index (χ0) is 17.2. The molecule has 0 unspecified atom stereocenters. The van der Waals surface area contributed by atoms with Gasteiger partial charge in [0, 0.05) is 31.1 Å². The molecule has 0 aliphatic carbocycles. The molecule has 6 heteroatoms. The zero-order valence-electron chi connectivity index (χ0n) is 15.2. The molecule has 1 aromatic heterocycles. The summed E-state index contributed by atoms with van der Waals surface area (Å²) in [5.41, 5.74) is 2.52. The van der Waals surface area contributed by atoms with Crippen LogP contribution < -0.4 is 10.1 Å². The van der Waals surface area contributed by atoms with Gasteiger partial charge in [0.15, 0.2) is 0 Å². The van der Waals surface area contributed by atoms with Gasteiger partial charge in [0.05, 0.1) is 13.7 Å². The Morgan fingerprint density at radius 3 is 2.84 bits per heavy atom. The Hall–Kier alpha value is -1.92. The van der Waals surface area contributed by atoms with Crippen molar-refractivity contribution in [3.8, 4) is 5.75 Å². The van der Waals surface area contributed by atoms with Gasteiger partial charge in [-0.15, -0.1) is 10.2 Å². The van der Waals surface area contributed by atoms with E-state index in [1.807, 2.05) is 0 Å². The Morgan fingerprint density at radius 2 is 2.04 bits per heavy atom. The molecule has 3 heterocycles. The van der Waals surface area contributed by atoms with Gasteiger partial charge < -0.3 is 14.6 Å². The highest BCUT2D eigenvalue weighted by Gasteiger charge is 2.27. The average molecular weight is 341 g/mol. The maximum Gasteiger partial charge on any atom is 0.147 e. The number of likely N-dealkylation sites (tertiary alicyclic amines) is 1. The van der Waals surface area contributed by atoms with Crippen molar-refractivity contribution in [3.05, 3.63) is 41.0 Å². The van der Waals surface area contributed by atoms with Crippen molar-refractivity contribution in [2.45, 2.75) is 45.3 Å². The topological polar surface area (TPSA) is 55.2 Å². The minimum absolute atomic E-state index is 0.538. The van der Waals surface area contributed by atoms with Gasteiger partial charge in [0.2, 0.25) is 0 Å². The predicted molar refractivity (Wildman–Crippen MR) is 96.7 cm³/mol. The van der Waals surface area contributed by atoms with Gasteiger partial charge in [-0.2, -0.15) is 0 Å². The molecule has 1 fully saturated rings. The summed E-state index contributed by atoms with van der Waals surface area (Å²) >= 11 is 0. The van der Waals surface area contributed by atoms with Crippen LogP contribution in [0.2, 0.25) is 0 Å². The molecule has 0 radical (unpaired) electrons. The van der Waals surface area contributed by atoms with E-state index in [0.29, 0.717) is 5.92 Å². The summed E-state index contributed by atoms with van der Waals surface area (Å²) in [7, 11) is 1.76. The third-order valence-corrected chi connectivity index (χ3v) is 5.44. The zero-order valence-corrected chi connectivity index (χ0v) is 15.2. The van der Waals surface area contributed by atoms with E-state index < -0.39 is 0 Å². The molecule has 0 bridgehead atoms. The molecule has 1 saturated heterocycles. The molecule has 1 aromatic carbocycles. The van der Waals surface area contributed by atoms with E-state index in [1.165, 1.54) is 17.0 Å². The van der Waals surface area contributed by atoms with Gasteiger partial charge in [0.25, 0.3) is 0 Å². The van der Waals surface area contributed by atoms with Gasteiger partial charge >= 0.3 is 0 Å². The summed E-state index contributed by atoms with van der Waals surface area (Å²) in [5.74, 6) is 3.83. The fourth-order valence-electron chi connectivity index (χ4n) is 3.99. The van der Waals surface area contributed by atoms with E-state index in [9.17, 15) is 0 Å². The molecule has 2 aromatic rings. The van der Waals surface area contributed by atoms with Crippen LogP contribution >= 0.6 is 0 Å². The highest BCUT2D eigenvalue weighted by atomic mass is 16.5. The van der Waals surface area contributed by atoms with Gasteiger partial charge in [0.1, 0.15) is 17.4 Å². The molecule has 2 aliphatic heterocycles. The Labute approximate surface area is 149 Å². The normalized spacial score (nSPS) is 19.0. The lowest BCUT2D eigenvalue weighted by Crippen LogP contribution is -2.34. The second kappa shape index (κ2) is 7.14. The van der Waals surface area contributed by atoms with Crippen LogP contribution in [0.1, 0.15) is 41.5 Å². The van der Waals surface area contributed by atoms with Crippen LogP contribution in [0.15, 0.2) is 18.2 Å². The molecular weight excluding hydrogens is 314 g/mol. The van der Waals surface area contributed by atoms with E-state index in [0.717, 1.165) is 63.7 Å². The predicted octanol–water partition coefficient (Wildman–Crippen LogP) is 2.08. The van der Waals surface area contributed by atoms with Crippen LogP contribution in [0.3, 0.4) is 0 Å². The monoisotopic (exact) mass is 341 g/mol. The average Bonchev–Trinajstić information content (AvgIpc) is 3.08. The third-order valence-electron chi connectivity index (χ3n) is 5.44. The van der Waals surface area contributed by atoms with Crippen LogP contribution in [-0.4, -0.2) is 46.4 Å². The van der Waals surface area contributed by atoms with E-state index in [-0.39, 0.29) is 0 Å². The van der Waals surface area contributed by atoms with Crippen molar-refractivity contribution in [1.29, 1.82) is 0 Å². The van der Waals surface area contributed by atoms with E-state index >= 15 is 0 Å². The highest BCUT2D eigenvalue weighted by Crippen LogP contribution is 2.30. The maximum absolute atomic E-state index is 5.56. The van der Waals surface area contributed by atoms with E-state index in [2.05, 4.69) is 50.1 Å². The fourth-order valence-corrected chi connectivity index (χ4v) is 3.99. The number of aromatic nitrogens is 3. The lowest BCUT2D eigenvalue weighted by Gasteiger charge is -2.32. The minimum atomic E-state index is 0.538. The number of aryl methyl sites for hydroxylation is 1. The highest BCUT2D eigenvalue weighted by molar-refractivity contribution is 5.37. The molecule has 134 valence electrons. The van der Waals surface area contributed by atoms with Crippen molar-refractivity contribution in [1.82, 2.24) is 25.0 Å². The SMILES string of the molecule is COc1cc(C)ccc1CN1CCC(c2nnc3n2CCNC3)CC1. The Morgan fingerprint density at radius 1 is 1.20 bits per heavy atom. The number of nitrogens with one attached hydrogen (secondary N) is 1. The summed E-state index contributed by atoms with van der Waals surface area (Å²) in [4.78, 5) is 2.53. The maximum atomic E-state index is 5.56. The lowest BCUT2D eigenvalue weighted by molar-refractivity contribution is 0.197. The minimum Gasteiger partial charge on any atom is -0.496 e. The molecule has 4 rings (SSSR count). The summed E-state index contributed by atoms with van der Waals surface area (Å²) in [6, 6.07) is 6.49. The van der Waals surface area contributed by atoms with Crippen LogP contribution in [-0.2, 0) is 19.6 Å². The fraction of sp³-hybridized carbons (Fsp3) is 0.579. The second-order valence-corrected chi connectivity index (χ2v) is 7.17. The van der Waals surface area contributed by atoms with Gasteiger partial charge in [-0.3, -0.25) is 4.90 Å². The van der Waals surface area contributed by atoms with Crippen molar-refractivity contribution in [2.24, 2.45) is 0 Å². The van der Waals surface area contributed by atoms with Crippen LogP contribution in [0.25, 0.3) is 0 Å². The number of nitrogens with zero attached hydrogens (tertiary/aromatic N) is 4. The first kappa shape index (κ1) is 16.5. The number of piperidine rings is 1. The van der Waals surface area contributed by atoms with Crippen molar-refractivity contribution >= 4 is 0 Å². The first-order chi connectivity index (χ1) is 12.2. The third kappa shape index (κ3) is 3.41. The Bertz CT molecular complexity index is 733.